The maximum Gasteiger partial charge on any atom is 0.0465 e. The highest BCUT2D eigenvalue weighted by Crippen LogP contribution is 2.32. The molecule has 0 bridgehead atoms. The van der Waals surface area contributed by atoms with Crippen molar-refractivity contribution in [1.29, 1.82) is 5.41 Å². The van der Waals surface area contributed by atoms with Crippen LogP contribution in [0.5, 0.6) is 0 Å². The molecule has 1 N–H and O–H groups in total. The maximum absolute atomic E-state index is 7.72. The number of hydrogen-bond donors (Lipinski definition) is 1. The van der Waals surface area contributed by atoms with Crippen molar-refractivity contribution in [1.82, 2.24) is 4.98 Å². The summed E-state index contributed by atoms with van der Waals surface area (Å²) < 4.78 is 0. The first-order valence-corrected chi connectivity index (χ1v) is 10.6. The molecule has 152 valence electrons. The lowest BCUT2D eigenvalue weighted by Gasteiger charge is -2.21. The van der Waals surface area contributed by atoms with Crippen LogP contribution in [-0.4, -0.2) is 10.7 Å². The third-order valence-corrected chi connectivity index (χ3v) is 5.16. The van der Waals surface area contributed by atoms with Crippen molar-refractivity contribution in [2.24, 2.45) is 0 Å². The Hall–Kier alpha value is -2.22. The van der Waals surface area contributed by atoms with Gasteiger partial charge in [-0.05, 0) is 70.1 Å². The zero-order chi connectivity index (χ0) is 20.9. The molecule has 1 fully saturated rings. The summed E-state index contributed by atoms with van der Waals surface area (Å²) in [6.07, 6.45) is 11.4. The van der Waals surface area contributed by atoms with E-state index in [1.807, 2.05) is 33.8 Å². The summed E-state index contributed by atoms with van der Waals surface area (Å²) >= 11 is 0. The van der Waals surface area contributed by atoms with Crippen LogP contribution >= 0.6 is 0 Å². The van der Waals surface area contributed by atoms with Crippen LogP contribution in [0.15, 0.2) is 49.2 Å². The molecule has 1 heterocycles. The van der Waals surface area contributed by atoms with Crippen molar-refractivity contribution in [2.75, 3.05) is 0 Å². The quantitative estimate of drug-likeness (QED) is 0.431. The normalized spacial score (nSPS) is 13.5. The third-order valence-electron chi connectivity index (χ3n) is 5.16. The second-order valence-corrected chi connectivity index (χ2v) is 7.57. The molecule has 2 nitrogen and oxygen atoms in total. The molecule has 0 amide bonds. The molecule has 1 aliphatic carbocycles. The van der Waals surface area contributed by atoms with Crippen molar-refractivity contribution >= 4 is 5.71 Å². The molecule has 1 aliphatic rings. The largest absolute Gasteiger partial charge is 0.305 e. The van der Waals surface area contributed by atoms with E-state index in [0.717, 1.165) is 29.2 Å². The van der Waals surface area contributed by atoms with Crippen LogP contribution in [0.3, 0.4) is 0 Å². The highest BCUT2D eigenvalue weighted by molar-refractivity contribution is 6.00. The van der Waals surface area contributed by atoms with E-state index in [1.54, 1.807) is 17.8 Å². The van der Waals surface area contributed by atoms with Crippen LogP contribution in [0.2, 0.25) is 0 Å². The van der Waals surface area contributed by atoms with Crippen LogP contribution in [0, 0.1) is 26.2 Å². The minimum atomic E-state index is 0.679. The van der Waals surface area contributed by atoms with Crippen LogP contribution < -0.4 is 0 Å². The highest BCUT2D eigenvalue weighted by atomic mass is 14.7. The van der Waals surface area contributed by atoms with Gasteiger partial charge in [-0.2, -0.15) is 0 Å². The van der Waals surface area contributed by atoms with Crippen LogP contribution in [0.25, 0.3) is 0 Å². The second-order valence-electron chi connectivity index (χ2n) is 7.57. The Kier molecular flexibility index (Phi) is 11.1. The Labute approximate surface area is 172 Å². The van der Waals surface area contributed by atoms with E-state index < -0.39 is 0 Å². The number of pyridine rings is 1. The topological polar surface area (TPSA) is 36.7 Å². The van der Waals surface area contributed by atoms with Gasteiger partial charge in [0.15, 0.2) is 0 Å². The fourth-order valence-corrected chi connectivity index (χ4v) is 3.60. The zero-order valence-electron chi connectivity index (χ0n) is 18.5. The predicted octanol–water partition coefficient (Wildman–Crippen LogP) is 7.71. The smallest absolute Gasteiger partial charge is 0.0465 e. The molecule has 0 aliphatic heterocycles. The fraction of sp³-hybridized carbons (Fsp3) is 0.462. The van der Waals surface area contributed by atoms with Gasteiger partial charge in [0.2, 0.25) is 0 Å². The summed E-state index contributed by atoms with van der Waals surface area (Å²) in [5, 5.41) is 7.72. The van der Waals surface area contributed by atoms with Gasteiger partial charge < -0.3 is 5.41 Å². The molecule has 28 heavy (non-hydrogen) atoms. The van der Waals surface area contributed by atoms with E-state index in [-0.39, 0.29) is 0 Å². The monoisotopic (exact) mass is 378 g/mol. The van der Waals surface area contributed by atoms with Crippen molar-refractivity contribution < 1.29 is 0 Å². The molecule has 0 unspecified atom stereocenters. The average Bonchev–Trinajstić information content (AvgIpc) is 2.70. The number of rotatable bonds is 3. The molecule has 2 aromatic rings. The first kappa shape index (κ1) is 23.8. The van der Waals surface area contributed by atoms with Gasteiger partial charge in [-0.1, -0.05) is 62.1 Å². The van der Waals surface area contributed by atoms with Crippen LogP contribution in [0.4, 0.5) is 0 Å². The highest BCUT2D eigenvalue weighted by Gasteiger charge is 2.14. The number of nitrogens with zero attached hydrogens (tertiary/aromatic N) is 1. The first-order valence-electron chi connectivity index (χ1n) is 10.6. The second kappa shape index (κ2) is 13.0. The fourth-order valence-electron chi connectivity index (χ4n) is 3.60. The minimum absolute atomic E-state index is 0.679. The molecule has 1 saturated carbocycles. The summed E-state index contributed by atoms with van der Waals surface area (Å²) in [6, 6.07) is 11.1. The van der Waals surface area contributed by atoms with Gasteiger partial charge in [0.05, 0.1) is 0 Å². The summed E-state index contributed by atoms with van der Waals surface area (Å²) in [5.41, 5.74) is 6.74. The Morgan fingerprint density at radius 2 is 1.64 bits per heavy atom. The van der Waals surface area contributed by atoms with Crippen LogP contribution in [-0.2, 0) is 0 Å². The molecular weight excluding hydrogens is 340 g/mol. The zero-order valence-corrected chi connectivity index (χ0v) is 18.5. The molecule has 1 aromatic heterocycles. The Morgan fingerprint density at radius 1 is 1.07 bits per heavy atom. The standard InChI is InChI=1S/C13H18.C10H14N2.C3H6/c1-11-7-9-13(10-8-11)12-5-3-2-4-6-12;1-4-9(11)10-7(2)5-6-12-8(10)3;1-3-2/h7-10,12H,2-6H2,1H3;5-6,11H,4H2,1-3H3;3H,1H2,2H3. The van der Waals surface area contributed by atoms with E-state index in [4.69, 9.17) is 5.41 Å². The minimum Gasteiger partial charge on any atom is -0.305 e. The van der Waals surface area contributed by atoms with Crippen molar-refractivity contribution in [3.8, 4) is 0 Å². The van der Waals surface area contributed by atoms with Crippen molar-refractivity contribution in [3.63, 3.8) is 0 Å². The summed E-state index contributed by atoms with van der Waals surface area (Å²) in [5.74, 6) is 0.856. The lowest BCUT2D eigenvalue weighted by Crippen LogP contribution is -2.04. The van der Waals surface area contributed by atoms with E-state index in [9.17, 15) is 0 Å². The number of benzene rings is 1. The summed E-state index contributed by atoms with van der Waals surface area (Å²) in [4.78, 5) is 4.17. The maximum atomic E-state index is 7.72. The van der Waals surface area contributed by atoms with Gasteiger partial charge in [-0.25, -0.2) is 0 Å². The molecule has 0 atom stereocenters. The average molecular weight is 379 g/mol. The molecule has 2 heteroatoms. The van der Waals surface area contributed by atoms with Crippen molar-refractivity contribution in [3.05, 3.63) is 77.1 Å². The van der Waals surface area contributed by atoms with Gasteiger partial charge in [0.25, 0.3) is 0 Å². The number of nitrogens with one attached hydrogen (secondary N) is 1. The molecule has 0 radical (unpaired) electrons. The Bertz CT molecular complexity index is 702. The number of aryl methyl sites for hydroxylation is 3. The van der Waals surface area contributed by atoms with E-state index >= 15 is 0 Å². The summed E-state index contributed by atoms with van der Waals surface area (Å²) in [6.45, 7) is 13.4. The predicted molar refractivity (Wildman–Crippen MR) is 124 cm³/mol. The van der Waals surface area contributed by atoms with Gasteiger partial charge in [-0.15, -0.1) is 6.58 Å². The van der Waals surface area contributed by atoms with Crippen molar-refractivity contribution in [2.45, 2.75) is 79.1 Å². The molecular formula is C26H38N2. The molecule has 1 aromatic carbocycles. The van der Waals surface area contributed by atoms with Gasteiger partial charge in [-0.3, -0.25) is 4.98 Å². The van der Waals surface area contributed by atoms with Gasteiger partial charge in [0, 0.05) is 23.2 Å². The first-order chi connectivity index (χ1) is 13.4. The molecule has 0 saturated heterocycles. The van der Waals surface area contributed by atoms with Gasteiger partial charge in [0.1, 0.15) is 0 Å². The summed E-state index contributed by atoms with van der Waals surface area (Å²) in [7, 11) is 0. The van der Waals surface area contributed by atoms with Gasteiger partial charge >= 0.3 is 0 Å². The number of hydrogen-bond acceptors (Lipinski definition) is 2. The molecule has 0 spiro atoms. The van der Waals surface area contributed by atoms with E-state index in [0.29, 0.717) is 5.71 Å². The number of aromatic nitrogens is 1. The Balaban J connectivity index is 0.000000247. The molecule has 3 rings (SSSR count). The van der Waals surface area contributed by atoms with E-state index in [1.165, 1.54) is 37.7 Å². The lowest BCUT2D eigenvalue weighted by atomic mass is 9.84. The number of allylic oxidation sites excluding steroid dienone is 1. The van der Waals surface area contributed by atoms with E-state index in [2.05, 4.69) is 42.8 Å². The lowest BCUT2D eigenvalue weighted by molar-refractivity contribution is 0.443. The Morgan fingerprint density at radius 3 is 2.14 bits per heavy atom. The SMILES string of the molecule is C=CC.CCC(=N)c1c(C)ccnc1C.Cc1ccc(C2CCCCC2)cc1. The third kappa shape index (κ3) is 7.80. The van der Waals surface area contributed by atoms with Crippen LogP contribution in [0.1, 0.15) is 86.2 Å².